The predicted octanol–water partition coefficient (Wildman–Crippen LogP) is -2.33. The zero-order valence-electron chi connectivity index (χ0n) is 7.63. The summed E-state index contributed by atoms with van der Waals surface area (Å²) in [6, 6.07) is 0. The molecule has 0 atom stereocenters. The smallest absolute Gasteiger partial charge is 0.175 e. The van der Waals surface area contributed by atoms with Gasteiger partial charge in [0.1, 0.15) is 6.10 Å². The molecule has 0 fully saturated rings. The minimum absolute atomic E-state index is 0.0104. The maximum absolute atomic E-state index is 8.17. The molecule has 0 aliphatic carbocycles. The Bertz CT molecular complexity index is 83.1. The molecular formula is C7H18O6. The van der Waals surface area contributed by atoms with Gasteiger partial charge < -0.3 is 30.3 Å². The molecule has 0 aromatic heterocycles. The maximum atomic E-state index is 8.17. The quantitative estimate of drug-likeness (QED) is 0.317. The molecule has 6 nitrogen and oxygen atoms in total. The topological polar surface area (TPSA) is 110 Å². The number of aliphatic hydroxyl groups excluding tert-OH is 4. The summed E-state index contributed by atoms with van der Waals surface area (Å²) in [5.74, 6) is 0. The van der Waals surface area contributed by atoms with Gasteiger partial charge >= 0.3 is 0 Å². The number of hydrogen-bond donors (Lipinski definition) is 5. The Kier molecular flexibility index (Phi) is 13.8. The predicted molar refractivity (Wildman–Crippen MR) is 44.9 cm³/mol. The van der Waals surface area contributed by atoms with Crippen LogP contribution >= 0.6 is 0 Å². The third kappa shape index (κ3) is 18.6. The van der Waals surface area contributed by atoms with Gasteiger partial charge in [-0.2, -0.15) is 0 Å². The fraction of sp³-hybridized carbons (Fsp3) is 1.00. The van der Waals surface area contributed by atoms with Crippen molar-refractivity contribution < 1.29 is 30.3 Å². The van der Waals surface area contributed by atoms with Gasteiger partial charge in [0.15, 0.2) is 6.29 Å². The Balaban J connectivity index is 0. The van der Waals surface area contributed by atoms with Crippen molar-refractivity contribution >= 4 is 0 Å². The van der Waals surface area contributed by atoms with E-state index in [2.05, 4.69) is 4.74 Å². The van der Waals surface area contributed by atoms with Gasteiger partial charge in [-0.25, -0.2) is 0 Å². The normalized spacial score (nSPS) is 10.2. The van der Waals surface area contributed by atoms with Crippen LogP contribution in [0.15, 0.2) is 0 Å². The van der Waals surface area contributed by atoms with Crippen molar-refractivity contribution in [1.82, 2.24) is 0 Å². The van der Waals surface area contributed by atoms with Crippen LogP contribution in [-0.4, -0.2) is 64.4 Å². The minimum atomic E-state index is -1.32. The maximum Gasteiger partial charge on any atom is 0.175 e. The molecule has 0 bridgehead atoms. The fourth-order valence-corrected chi connectivity index (χ4v) is 0.281. The summed E-state index contributed by atoms with van der Waals surface area (Å²) in [6.45, 7) is 1.60. The average Bonchev–Trinajstić information content (AvgIpc) is 2.14. The number of aliphatic hydroxyl groups is 5. The van der Waals surface area contributed by atoms with Crippen LogP contribution in [0.4, 0.5) is 0 Å². The van der Waals surface area contributed by atoms with Crippen LogP contribution in [0.5, 0.6) is 0 Å². The van der Waals surface area contributed by atoms with Gasteiger partial charge in [-0.1, -0.05) is 0 Å². The molecule has 13 heavy (non-hydrogen) atoms. The number of rotatable bonds is 5. The molecule has 6 heteroatoms. The van der Waals surface area contributed by atoms with E-state index in [4.69, 9.17) is 25.5 Å². The highest BCUT2D eigenvalue weighted by Gasteiger charge is 1.93. The third-order valence-electron chi connectivity index (χ3n) is 0.893. The third-order valence-corrected chi connectivity index (χ3v) is 0.893. The average molecular weight is 198 g/mol. The van der Waals surface area contributed by atoms with Crippen molar-refractivity contribution in [2.24, 2.45) is 0 Å². The van der Waals surface area contributed by atoms with Gasteiger partial charge in [0.25, 0.3) is 0 Å². The molecule has 0 aliphatic heterocycles. The molecule has 0 spiro atoms. The van der Waals surface area contributed by atoms with Gasteiger partial charge in [0, 0.05) is 6.61 Å². The molecule has 0 unspecified atom stereocenters. The van der Waals surface area contributed by atoms with E-state index in [9.17, 15) is 0 Å². The molecule has 0 saturated heterocycles. The summed E-state index contributed by atoms with van der Waals surface area (Å²) >= 11 is 0. The van der Waals surface area contributed by atoms with Gasteiger partial charge in [0.05, 0.1) is 19.8 Å². The summed E-state index contributed by atoms with van der Waals surface area (Å²) in [4.78, 5) is 0. The van der Waals surface area contributed by atoms with E-state index in [1.165, 1.54) is 0 Å². The van der Waals surface area contributed by atoms with Gasteiger partial charge in [-0.05, 0) is 6.92 Å². The van der Waals surface area contributed by atoms with Crippen LogP contribution in [0.3, 0.4) is 0 Å². The molecule has 82 valence electrons. The van der Waals surface area contributed by atoms with E-state index in [-0.39, 0.29) is 19.8 Å². The van der Waals surface area contributed by atoms with E-state index >= 15 is 0 Å². The van der Waals surface area contributed by atoms with E-state index in [0.717, 1.165) is 0 Å². The van der Waals surface area contributed by atoms with E-state index in [1.54, 1.807) is 6.92 Å². The molecule has 0 radical (unpaired) electrons. The van der Waals surface area contributed by atoms with Crippen molar-refractivity contribution in [2.75, 3.05) is 26.4 Å². The molecule has 0 saturated carbocycles. The lowest BCUT2D eigenvalue weighted by molar-refractivity contribution is -0.0927. The van der Waals surface area contributed by atoms with E-state index < -0.39 is 12.4 Å². The highest BCUT2D eigenvalue weighted by molar-refractivity contribution is 4.44. The highest BCUT2D eigenvalue weighted by Crippen LogP contribution is 1.76. The zero-order valence-corrected chi connectivity index (χ0v) is 7.63. The summed E-state index contributed by atoms with van der Waals surface area (Å²) in [5, 5.41) is 40.2. The summed E-state index contributed by atoms with van der Waals surface area (Å²) < 4.78 is 4.59. The largest absolute Gasteiger partial charge is 0.394 e. The Morgan fingerprint density at radius 3 is 1.62 bits per heavy atom. The lowest BCUT2D eigenvalue weighted by Crippen LogP contribution is -2.15. The van der Waals surface area contributed by atoms with E-state index in [0.29, 0.717) is 6.61 Å². The lowest BCUT2D eigenvalue weighted by atomic mass is 10.4. The summed E-state index contributed by atoms with van der Waals surface area (Å²) in [5.41, 5.74) is 0. The second kappa shape index (κ2) is 11.8. The molecule has 5 N–H and O–H groups in total. The highest BCUT2D eigenvalue weighted by atomic mass is 16.5. The van der Waals surface area contributed by atoms with Crippen LogP contribution in [0.25, 0.3) is 0 Å². The van der Waals surface area contributed by atoms with Crippen molar-refractivity contribution in [3.8, 4) is 0 Å². The SMILES string of the molecule is CCOCC(O)O.OCC(O)CO. The van der Waals surface area contributed by atoms with Crippen molar-refractivity contribution in [2.45, 2.75) is 19.3 Å². The van der Waals surface area contributed by atoms with Crippen LogP contribution in [0.1, 0.15) is 6.92 Å². The first-order valence-electron chi connectivity index (χ1n) is 3.92. The Morgan fingerprint density at radius 2 is 1.54 bits per heavy atom. The summed E-state index contributed by atoms with van der Waals surface area (Å²) in [7, 11) is 0. The first kappa shape index (κ1) is 15.2. The minimum Gasteiger partial charge on any atom is -0.394 e. The van der Waals surface area contributed by atoms with Crippen LogP contribution < -0.4 is 0 Å². The second-order valence-corrected chi connectivity index (χ2v) is 2.16. The lowest BCUT2D eigenvalue weighted by Gasteiger charge is -2.00. The monoisotopic (exact) mass is 198 g/mol. The first-order valence-corrected chi connectivity index (χ1v) is 3.92. The Hall–Kier alpha value is -0.240. The van der Waals surface area contributed by atoms with E-state index in [1.807, 2.05) is 0 Å². The molecule has 0 aliphatic rings. The molecular weight excluding hydrogens is 180 g/mol. The Labute approximate surface area is 77.0 Å². The van der Waals surface area contributed by atoms with Crippen LogP contribution in [0, 0.1) is 0 Å². The van der Waals surface area contributed by atoms with Crippen LogP contribution in [-0.2, 0) is 4.74 Å². The molecule has 0 rings (SSSR count). The number of hydrogen-bond acceptors (Lipinski definition) is 6. The zero-order chi connectivity index (χ0) is 10.7. The molecule has 0 aromatic carbocycles. The van der Waals surface area contributed by atoms with Crippen molar-refractivity contribution in [1.29, 1.82) is 0 Å². The number of ether oxygens (including phenoxy) is 1. The molecule has 0 amide bonds. The van der Waals surface area contributed by atoms with Crippen LogP contribution in [0.2, 0.25) is 0 Å². The second-order valence-electron chi connectivity index (χ2n) is 2.16. The van der Waals surface area contributed by atoms with Gasteiger partial charge in [-0.3, -0.25) is 0 Å². The van der Waals surface area contributed by atoms with Crippen molar-refractivity contribution in [3.05, 3.63) is 0 Å². The Morgan fingerprint density at radius 1 is 1.08 bits per heavy atom. The van der Waals surface area contributed by atoms with Gasteiger partial charge in [0.2, 0.25) is 0 Å². The summed E-state index contributed by atoms with van der Waals surface area (Å²) in [6.07, 6.45) is -2.27. The fourth-order valence-electron chi connectivity index (χ4n) is 0.281. The standard InChI is InChI=1S/C4H10O3.C3H8O3/c1-2-7-3-4(5)6;4-1-3(6)2-5/h4-6H,2-3H2,1H3;3-6H,1-2H2. The first-order chi connectivity index (χ1) is 6.08. The van der Waals surface area contributed by atoms with Crippen molar-refractivity contribution in [3.63, 3.8) is 0 Å². The molecule has 0 heterocycles. The van der Waals surface area contributed by atoms with Gasteiger partial charge in [-0.15, -0.1) is 0 Å². The molecule has 0 aromatic rings.